The topological polar surface area (TPSA) is 73.1 Å². The van der Waals surface area contributed by atoms with Gasteiger partial charge in [-0.05, 0) is 91.4 Å². The predicted octanol–water partition coefficient (Wildman–Crippen LogP) is 5.63. The summed E-state index contributed by atoms with van der Waals surface area (Å²) in [5, 5.41) is 3.69. The molecule has 5 rings (SSSR count). The largest absolute Gasteiger partial charge is 0.383 e. The molecule has 1 aromatic carbocycles. The van der Waals surface area contributed by atoms with Gasteiger partial charge in [-0.1, -0.05) is 12.1 Å². The van der Waals surface area contributed by atoms with Crippen molar-refractivity contribution in [1.29, 1.82) is 0 Å². The van der Waals surface area contributed by atoms with Crippen LogP contribution in [0.3, 0.4) is 0 Å². The average molecular weight is 447 g/mol. The number of nitrogens with one attached hydrogen (secondary N) is 1. The van der Waals surface area contributed by atoms with Crippen LogP contribution in [0.15, 0.2) is 48.8 Å². The molecule has 33 heavy (non-hydrogen) atoms. The zero-order valence-corrected chi connectivity index (χ0v) is 19.1. The molecule has 0 amide bonds. The second kappa shape index (κ2) is 9.57. The van der Waals surface area contributed by atoms with Crippen molar-refractivity contribution in [2.45, 2.75) is 56.6 Å². The van der Waals surface area contributed by atoms with Gasteiger partial charge in [-0.2, -0.15) is 4.39 Å². The monoisotopic (exact) mass is 446 g/mol. The lowest BCUT2D eigenvalue weighted by Crippen LogP contribution is -2.22. The quantitative estimate of drug-likeness (QED) is 0.497. The van der Waals surface area contributed by atoms with E-state index in [4.69, 9.17) is 10.5 Å². The standard InChI is InChI=1S/C27H31FN4O/c1-33-21-7-4-17(5-8-21)22-9-6-18(13-24(22)25-3-2-11-30-25)20-14-23(27(29)32-16-20)19-10-12-31-26(28)15-19/h6,9-10,12-17,21,25,30H,2-5,7-8,11H2,1H3,(H2,29,32)/t17-,21+,25-/m0/s1. The lowest BCUT2D eigenvalue weighted by Gasteiger charge is -2.30. The van der Waals surface area contributed by atoms with Crippen LogP contribution in [0.5, 0.6) is 0 Å². The summed E-state index contributed by atoms with van der Waals surface area (Å²) in [6, 6.07) is 12.4. The summed E-state index contributed by atoms with van der Waals surface area (Å²) in [5.41, 5.74) is 12.5. The second-order valence-electron chi connectivity index (χ2n) is 9.23. The number of halogens is 1. The molecule has 3 N–H and O–H groups in total. The Hall–Kier alpha value is -2.83. The summed E-state index contributed by atoms with van der Waals surface area (Å²) < 4.78 is 19.3. The molecule has 0 spiro atoms. The summed E-state index contributed by atoms with van der Waals surface area (Å²) >= 11 is 0. The van der Waals surface area contributed by atoms with Gasteiger partial charge in [-0.3, -0.25) is 0 Å². The molecule has 0 radical (unpaired) electrons. The molecule has 3 heterocycles. The van der Waals surface area contributed by atoms with E-state index in [0.29, 0.717) is 29.4 Å². The molecule has 1 saturated heterocycles. The van der Waals surface area contributed by atoms with Crippen LogP contribution in [0.2, 0.25) is 0 Å². The highest BCUT2D eigenvalue weighted by molar-refractivity contribution is 5.79. The molecule has 2 aromatic heterocycles. The Kier molecular flexibility index (Phi) is 6.38. The number of hydrogen-bond donors (Lipinski definition) is 2. The first-order chi connectivity index (χ1) is 16.1. The van der Waals surface area contributed by atoms with E-state index < -0.39 is 5.95 Å². The number of nitrogen functional groups attached to an aromatic ring is 1. The molecule has 0 unspecified atom stereocenters. The smallest absolute Gasteiger partial charge is 0.213 e. The molecule has 1 saturated carbocycles. The third-order valence-electron chi connectivity index (χ3n) is 7.26. The van der Waals surface area contributed by atoms with Gasteiger partial charge in [-0.25, -0.2) is 9.97 Å². The lowest BCUT2D eigenvalue weighted by atomic mass is 9.79. The summed E-state index contributed by atoms with van der Waals surface area (Å²) in [6.45, 7) is 1.06. The molecular formula is C27H31FN4O. The maximum absolute atomic E-state index is 13.7. The number of pyridine rings is 2. The van der Waals surface area contributed by atoms with E-state index in [0.717, 1.165) is 42.5 Å². The highest BCUT2D eigenvalue weighted by Gasteiger charge is 2.27. The minimum absolute atomic E-state index is 0.383. The van der Waals surface area contributed by atoms with Crippen LogP contribution in [0.1, 0.15) is 61.6 Å². The number of hydrogen-bond acceptors (Lipinski definition) is 5. The Morgan fingerprint density at radius 2 is 1.79 bits per heavy atom. The van der Waals surface area contributed by atoms with Gasteiger partial charge in [0.2, 0.25) is 5.95 Å². The van der Waals surface area contributed by atoms with Gasteiger partial charge in [-0.15, -0.1) is 0 Å². The number of rotatable bonds is 5. The highest BCUT2D eigenvalue weighted by Crippen LogP contribution is 2.40. The summed E-state index contributed by atoms with van der Waals surface area (Å²) in [4.78, 5) is 8.08. The highest BCUT2D eigenvalue weighted by atomic mass is 19.1. The van der Waals surface area contributed by atoms with Crippen molar-refractivity contribution in [3.8, 4) is 22.3 Å². The number of benzene rings is 1. The van der Waals surface area contributed by atoms with E-state index >= 15 is 0 Å². The minimum Gasteiger partial charge on any atom is -0.383 e. The minimum atomic E-state index is -0.528. The Balaban J connectivity index is 1.51. The normalized spacial score (nSPS) is 23.0. The fourth-order valence-corrected chi connectivity index (χ4v) is 5.42. The molecule has 2 aliphatic rings. The first-order valence-electron chi connectivity index (χ1n) is 11.9. The van der Waals surface area contributed by atoms with E-state index in [2.05, 4.69) is 33.5 Å². The number of aromatic nitrogens is 2. The second-order valence-corrected chi connectivity index (χ2v) is 9.23. The van der Waals surface area contributed by atoms with Crippen LogP contribution >= 0.6 is 0 Å². The van der Waals surface area contributed by atoms with Crippen LogP contribution in [0.4, 0.5) is 10.2 Å². The number of ether oxygens (including phenoxy) is 1. The molecular weight excluding hydrogens is 415 g/mol. The van der Waals surface area contributed by atoms with Gasteiger partial charge in [0.05, 0.1) is 6.10 Å². The van der Waals surface area contributed by atoms with E-state index in [1.165, 1.54) is 42.7 Å². The summed E-state index contributed by atoms with van der Waals surface area (Å²) in [7, 11) is 1.82. The Morgan fingerprint density at radius 3 is 2.52 bits per heavy atom. The van der Waals surface area contributed by atoms with E-state index in [1.807, 2.05) is 13.2 Å². The van der Waals surface area contributed by atoms with Crippen LogP contribution in [-0.2, 0) is 4.74 Å². The van der Waals surface area contributed by atoms with Crippen molar-refractivity contribution >= 4 is 5.82 Å². The van der Waals surface area contributed by atoms with Crippen LogP contribution in [-0.4, -0.2) is 29.7 Å². The maximum Gasteiger partial charge on any atom is 0.213 e. The Bertz CT molecular complexity index is 1120. The average Bonchev–Trinajstić information content (AvgIpc) is 3.39. The first kappa shape index (κ1) is 22.0. The zero-order valence-electron chi connectivity index (χ0n) is 19.1. The van der Waals surface area contributed by atoms with Crippen LogP contribution < -0.4 is 11.1 Å². The zero-order chi connectivity index (χ0) is 22.8. The van der Waals surface area contributed by atoms with Crippen LogP contribution in [0, 0.1) is 5.95 Å². The molecule has 172 valence electrons. The SMILES string of the molecule is CO[C@H]1CC[C@@H](c2ccc(-c3cnc(N)c(-c4ccnc(F)c4)c3)cc2[C@@H]2CCCN2)CC1. The van der Waals surface area contributed by atoms with Gasteiger partial charge < -0.3 is 15.8 Å². The van der Waals surface area contributed by atoms with Gasteiger partial charge in [0.25, 0.3) is 0 Å². The fraction of sp³-hybridized carbons (Fsp3) is 0.407. The fourth-order valence-electron chi connectivity index (χ4n) is 5.42. The molecule has 1 atom stereocenters. The van der Waals surface area contributed by atoms with Gasteiger partial charge in [0.1, 0.15) is 5.82 Å². The summed E-state index contributed by atoms with van der Waals surface area (Å²) in [5.74, 6) is 0.427. The third kappa shape index (κ3) is 4.63. The van der Waals surface area contributed by atoms with Crippen molar-refractivity contribution in [3.63, 3.8) is 0 Å². The first-order valence-corrected chi connectivity index (χ1v) is 11.9. The molecule has 3 aromatic rings. The van der Waals surface area contributed by atoms with Crippen LogP contribution in [0.25, 0.3) is 22.3 Å². The number of methoxy groups -OCH3 is 1. The van der Waals surface area contributed by atoms with Crippen molar-refractivity contribution in [1.82, 2.24) is 15.3 Å². The van der Waals surface area contributed by atoms with Crippen molar-refractivity contribution in [3.05, 3.63) is 65.9 Å². The molecule has 6 heteroatoms. The van der Waals surface area contributed by atoms with E-state index in [9.17, 15) is 4.39 Å². The van der Waals surface area contributed by atoms with Gasteiger partial charge in [0, 0.05) is 42.7 Å². The van der Waals surface area contributed by atoms with Crippen molar-refractivity contribution in [2.24, 2.45) is 0 Å². The molecule has 2 fully saturated rings. The number of nitrogens with zero attached hydrogens (tertiary/aromatic N) is 2. The lowest BCUT2D eigenvalue weighted by molar-refractivity contribution is 0.0657. The van der Waals surface area contributed by atoms with E-state index in [-0.39, 0.29) is 0 Å². The molecule has 1 aliphatic heterocycles. The van der Waals surface area contributed by atoms with Gasteiger partial charge in [0.15, 0.2) is 0 Å². The Labute approximate surface area is 194 Å². The van der Waals surface area contributed by atoms with Crippen molar-refractivity contribution < 1.29 is 9.13 Å². The number of nitrogens with two attached hydrogens (primary N) is 1. The Morgan fingerprint density at radius 1 is 0.939 bits per heavy atom. The maximum atomic E-state index is 13.7. The van der Waals surface area contributed by atoms with Gasteiger partial charge >= 0.3 is 0 Å². The molecule has 1 aliphatic carbocycles. The predicted molar refractivity (Wildman–Crippen MR) is 129 cm³/mol. The molecule has 5 nitrogen and oxygen atoms in total. The molecule has 0 bridgehead atoms. The number of anilines is 1. The third-order valence-corrected chi connectivity index (χ3v) is 7.26. The van der Waals surface area contributed by atoms with Crippen molar-refractivity contribution in [2.75, 3.05) is 19.4 Å². The summed E-state index contributed by atoms with van der Waals surface area (Å²) in [6.07, 6.45) is 10.6. The van der Waals surface area contributed by atoms with E-state index in [1.54, 1.807) is 12.3 Å².